The lowest BCUT2D eigenvalue weighted by Gasteiger charge is -2.32. The van der Waals surface area contributed by atoms with Gasteiger partial charge in [0.05, 0.1) is 13.0 Å². The van der Waals surface area contributed by atoms with E-state index in [4.69, 9.17) is 14.6 Å². The summed E-state index contributed by atoms with van der Waals surface area (Å²) in [5, 5.41) is 8.75. The lowest BCUT2D eigenvalue weighted by molar-refractivity contribution is -0.137. The van der Waals surface area contributed by atoms with Crippen molar-refractivity contribution in [3.63, 3.8) is 0 Å². The molecule has 1 heterocycles. The van der Waals surface area contributed by atoms with Crippen LogP contribution >= 0.6 is 0 Å². The fourth-order valence-electron chi connectivity index (χ4n) is 2.54. The van der Waals surface area contributed by atoms with Crippen LogP contribution in [0.5, 0.6) is 11.5 Å². The minimum Gasteiger partial charge on any atom is -0.494 e. The highest BCUT2D eigenvalue weighted by Crippen LogP contribution is 2.21. The fraction of sp³-hybridized carbons (Fsp3) is 0.562. The molecule has 0 spiro atoms. The minimum absolute atomic E-state index is 0.130. The molecule has 1 aliphatic rings. The van der Waals surface area contributed by atoms with Crippen molar-refractivity contribution < 1.29 is 19.4 Å². The summed E-state index contributed by atoms with van der Waals surface area (Å²) in [4.78, 5) is 12.8. The number of aliphatic carboxylic acids is 1. The Morgan fingerprint density at radius 1 is 1.33 bits per heavy atom. The van der Waals surface area contributed by atoms with Crippen molar-refractivity contribution in [2.24, 2.45) is 0 Å². The van der Waals surface area contributed by atoms with E-state index in [-0.39, 0.29) is 12.5 Å². The van der Waals surface area contributed by atoms with Gasteiger partial charge in [-0.3, -0.25) is 9.69 Å². The Bertz CT molecular complexity index is 446. The topological polar surface area (TPSA) is 59.0 Å². The average Bonchev–Trinajstić information content (AvgIpc) is 2.48. The standard InChI is InChI=1S/C16H23NO4/c1-2-20-13-5-7-14(8-6-13)21-15-4-3-10-17(12-15)11-9-16(18)19/h5-8,15H,2-4,9-12H2,1H3,(H,18,19). The highest BCUT2D eigenvalue weighted by molar-refractivity contribution is 5.66. The predicted octanol–water partition coefficient (Wildman–Crippen LogP) is 2.40. The summed E-state index contributed by atoms with van der Waals surface area (Å²) in [5.41, 5.74) is 0. The maximum absolute atomic E-state index is 10.6. The van der Waals surface area contributed by atoms with E-state index in [9.17, 15) is 4.79 Å². The van der Waals surface area contributed by atoms with E-state index in [0.29, 0.717) is 13.2 Å². The second-order valence-corrected chi connectivity index (χ2v) is 5.23. The summed E-state index contributed by atoms with van der Waals surface area (Å²) in [6.07, 6.45) is 2.37. The summed E-state index contributed by atoms with van der Waals surface area (Å²) in [7, 11) is 0. The normalized spacial score (nSPS) is 19.2. The molecule has 0 aliphatic carbocycles. The Morgan fingerprint density at radius 2 is 2.05 bits per heavy atom. The number of likely N-dealkylation sites (tertiary alicyclic amines) is 1. The molecule has 1 aromatic carbocycles. The molecule has 0 amide bonds. The lowest BCUT2D eigenvalue weighted by atomic mass is 10.1. The molecule has 5 heteroatoms. The molecular weight excluding hydrogens is 270 g/mol. The van der Waals surface area contributed by atoms with Crippen LogP contribution in [-0.4, -0.2) is 48.3 Å². The van der Waals surface area contributed by atoms with Gasteiger partial charge in [-0.2, -0.15) is 0 Å². The molecule has 1 saturated heterocycles. The average molecular weight is 293 g/mol. The SMILES string of the molecule is CCOc1ccc(OC2CCCN(CCC(=O)O)C2)cc1. The molecule has 1 unspecified atom stereocenters. The van der Waals surface area contributed by atoms with Gasteiger partial charge in [0.15, 0.2) is 0 Å². The molecule has 0 bridgehead atoms. The summed E-state index contributed by atoms with van der Waals surface area (Å²) in [5.74, 6) is 0.935. The fourth-order valence-corrected chi connectivity index (χ4v) is 2.54. The van der Waals surface area contributed by atoms with Gasteiger partial charge in [-0.15, -0.1) is 0 Å². The van der Waals surface area contributed by atoms with Crippen molar-refractivity contribution in [2.75, 3.05) is 26.2 Å². The van der Waals surface area contributed by atoms with Crippen LogP contribution in [-0.2, 0) is 4.79 Å². The van der Waals surface area contributed by atoms with Crippen LogP contribution in [0, 0.1) is 0 Å². The van der Waals surface area contributed by atoms with Crippen molar-refractivity contribution in [1.29, 1.82) is 0 Å². The van der Waals surface area contributed by atoms with E-state index in [1.54, 1.807) is 0 Å². The Hall–Kier alpha value is -1.75. The number of carboxylic acid groups (broad SMARTS) is 1. The van der Waals surface area contributed by atoms with Gasteiger partial charge in [-0.1, -0.05) is 0 Å². The zero-order chi connectivity index (χ0) is 15.1. The highest BCUT2D eigenvalue weighted by atomic mass is 16.5. The van der Waals surface area contributed by atoms with Crippen LogP contribution < -0.4 is 9.47 Å². The number of carbonyl (C=O) groups is 1. The van der Waals surface area contributed by atoms with E-state index in [0.717, 1.165) is 37.4 Å². The number of ether oxygens (including phenoxy) is 2. The first-order valence-electron chi connectivity index (χ1n) is 7.51. The van der Waals surface area contributed by atoms with Crippen molar-refractivity contribution in [1.82, 2.24) is 4.90 Å². The van der Waals surface area contributed by atoms with E-state index in [1.807, 2.05) is 31.2 Å². The summed E-state index contributed by atoms with van der Waals surface area (Å²) < 4.78 is 11.4. The molecule has 0 aromatic heterocycles. The second kappa shape index (κ2) is 7.88. The smallest absolute Gasteiger partial charge is 0.304 e. The van der Waals surface area contributed by atoms with Gasteiger partial charge in [0.25, 0.3) is 0 Å². The summed E-state index contributed by atoms with van der Waals surface area (Å²) in [6.45, 7) is 4.95. The molecule has 1 N–H and O–H groups in total. The summed E-state index contributed by atoms with van der Waals surface area (Å²) in [6, 6.07) is 7.65. The minimum atomic E-state index is -0.746. The van der Waals surface area contributed by atoms with E-state index >= 15 is 0 Å². The van der Waals surface area contributed by atoms with Crippen molar-refractivity contribution in [2.45, 2.75) is 32.3 Å². The van der Waals surface area contributed by atoms with Crippen LogP contribution in [0.15, 0.2) is 24.3 Å². The number of nitrogens with zero attached hydrogens (tertiary/aromatic N) is 1. The van der Waals surface area contributed by atoms with Crippen LogP contribution in [0.1, 0.15) is 26.2 Å². The zero-order valence-electron chi connectivity index (χ0n) is 12.5. The highest BCUT2D eigenvalue weighted by Gasteiger charge is 2.21. The van der Waals surface area contributed by atoms with Crippen LogP contribution in [0.4, 0.5) is 0 Å². The monoisotopic (exact) mass is 293 g/mol. The van der Waals surface area contributed by atoms with Crippen molar-refractivity contribution in [3.05, 3.63) is 24.3 Å². The molecule has 2 rings (SSSR count). The van der Waals surface area contributed by atoms with Gasteiger partial charge in [-0.25, -0.2) is 0 Å². The molecule has 116 valence electrons. The van der Waals surface area contributed by atoms with Gasteiger partial charge in [0.2, 0.25) is 0 Å². The van der Waals surface area contributed by atoms with Crippen LogP contribution in [0.3, 0.4) is 0 Å². The van der Waals surface area contributed by atoms with E-state index < -0.39 is 5.97 Å². The third kappa shape index (κ3) is 5.27. The third-order valence-corrected chi connectivity index (χ3v) is 3.54. The second-order valence-electron chi connectivity index (χ2n) is 5.23. The molecular formula is C16H23NO4. The van der Waals surface area contributed by atoms with Crippen molar-refractivity contribution in [3.8, 4) is 11.5 Å². The Kier molecular flexibility index (Phi) is 5.87. The molecule has 1 atom stereocenters. The van der Waals surface area contributed by atoms with Gasteiger partial charge in [-0.05, 0) is 50.6 Å². The molecule has 0 saturated carbocycles. The molecule has 1 aromatic rings. The lowest BCUT2D eigenvalue weighted by Crippen LogP contribution is -2.41. The third-order valence-electron chi connectivity index (χ3n) is 3.54. The molecule has 1 aliphatic heterocycles. The zero-order valence-corrected chi connectivity index (χ0v) is 12.5. The van der Waals surface area contributed by atoms with E-state index in [1.165, 1.54) is 0 Å². The van der Waals surface area contributed by atoms with Gasteiger partial charge < -0.3 is 14.6 Å². The number of hydrogen-bond acceptors (Lipinski definition) is 4. The largest absolute Gasteiger partial charge is 0.494 e. The number of rotatable bonds is 7. The molecule has 5 nitrogen and oxygen atoms in total. The Morgan fingerprint density at radius 3 is 2.71 bits per heavy atom. The number of benzene rings is 1. The maximum Gasteiger partial charge on any atom is 0.304 e. The first-order chi connectivity index (χ1) is 10.2. The quantitative estimate of drug-likeness (QED) is 0.836. The van der Waals surface area contributed by atoms with E-state index in [2.05, 4.69) is 4.90 Å². The maximum atomic E-state index is 10.6. The first-order valence-corrected chi connectivity index (χ1v) is 7.51. The first kappa shape index (κ1) is 15.6. The van der Waals surface area contributed by atoms with Gasteiger partial charge in [0.1, 0.15) is 17.6 Å². The van der Waals surface area contributed by atoms with Gasteiger partial charge in [0, 0.05) is 13.1 Å². The van der Waals surface area contributed by atoms with Crippen LogP contribution in [0.25, 0.3) is 0 Å². The summed E-state index contributed by atoms with van der Waals surface area (Å²) >= 11 is 0. The van der Waals surface area contributed by atoms with Crippen LogP contribution in [0.2, 0.25) is 0 Å². The Balaban J connectivity index is 1.82. The molecule has 1 fully saturated rings. The van der Waals surface area contributed by atoms with Crippen molar-refractivity contribution >= 4 is 5.97 Å². The number of carboxylic acids is 1. The molecule has 0 radical (unpaired) electrons. The van der Waals surface area contributed by atoms with Gasteiger partial charge >= 0.3 is 5.97 Å². The number of hydrogen-bond donors (Lipinski definition) is 1. The predicted molar refractivity (Wildman–Crippen MR) is 80.0 cm³/mol. The number of piperidine rings is 1. The Labute approximate surface area is 125 Å². The molecule has 21 heavy (non-hydrogen) atoms.